The molecule has 0 fully saturated rings. The first-order valence-electron chi connectivity index (χ1n) is 6.45. The second-order valence-corrected chi connectivity index (χ2v) is 5.10. The smallest absolute Gasteiger partial charge is 0.131 e. The number of halogens is 2. The van der Waals surface area contributed by atoms with Gasteiger partial charge in [0.15, 0.2) is 0 Å². The van der Waals surface area contributed by atoms with Crippen molar-refractivity contribution in [2.75, 3.05) is 5.32 Å². The van der Waals surface area contributed by atoms with E-state index in [1.165, 1.54) is 23.8 Å². The van der Waals surface area contributed by atoms with Gasteiger partial charge in [-0.3, -0.25) is 0 Å². The Morgan fingerprint density at radius 3 is 2.42 bits per heavy atom. The van der Waals surface area contributed by atoms with Crippen LogP contribution in [0.25, 0.3) is 0 Å². The topological polar surface area (TPSA) is 12.0 Å². The first-order chi connectivity index (χ1) is 9.16. The Labute approximate surface area is 111 Å². The lowest BCUT2D eigenvalue weighted by molar-refractivity contribution is 0.437. The average molecular weight is 259 g/mol. The summed E-state index contributed by atoms with van der Waals surface area (Å²) in [6, 6.07) is 11.6. The molecule has 0 saturated carbocycles. The van der Waals surface area contributed by atoms with Crippen LogP contribution in [0.4, 0.5) is 14.5 Å². The Balaban J connectivity index is 2.03. The van der Waals surface area contributed by atoms with Crippen LogP contribution in [0.15, 0.2) is 42.5 Å². The summed E-state index contributed by atoms with van der Waals surface area (Å²) in [5.41, 5.74) is 2.31. The zero-order valence-corrected chi connectivity index (χ0v) is 10.7. The third-order valence-corrected chi connectivity index (χ3v) is 3.75. The van der Waals surface area contributed by atoms with Crippen molar-refractivity contribution in [2.24, 2.45) is 5.92 Å². The lowest BCUT2D eigenvalue weighted by Crippen LogP contribution is -2.27. The summed E-state index contributed by atoms with van der Waals surface area (Å²) < 4.78 is 27.8. The number of benzene rings is 2. The molecular weight excluding hydrogens is 244 g/mol. The molecule has 0 spiro atoms. The van der Waals surface area contributed by atoms with Gasteiger partial charge in [-0.1, -0.05) is 31.2 Å². The highest BCUT2D eigenvalue weighted by atomic mass is 19.1. The molecule has 19 heavy (non-hydrogen) atoms. The number of nitrogens with one attached hydrogen (secondary N) is 1. The molecule has 1 heterocycles. The van der Waals surface area contributed by atoms with Gasteiger partial charge in [0.1, 0.15) is 11.6 Å². The maximum Gasteiger partial charge on any atom is 0.131 e. The summed E-state index contributed by atoms with van der Waals surface area (Å²) in [5.74, 6) is -0.825. The van der Waals surface area contributed by atoms with Crippen LogP contribution >= 0.6 is 0 Å². The first-order valence-corrected chi connectivity index (χ1v) is 6.45. The Bertz CT molecular complexity index is 589. The number of fused-ring (bicyclic) bond motifs is 1. The molecule has 3 rings (SSSR count). The normalized spacial score (nSPS) is 21.6. The molecule has 1 N–H and O–H groups in total. The molecule has 2 aromatic carbocycles. The zero-order chi connectivity index (χ0) is 13.4. The molecule has 0 aromatic heterocycles. The second-order valence-electron chi connectivity index (χ2n) is 5.10. The van der Waals surface area contributed by atoms with E-state index in [-0.39, 0.29) is 17.5 Å². The van der Waals surface area contributed by atoms with E-state index in [0.29, 0.717) is 0 Å². The molecule has 0 amide bonds. The minimum atomic E-state index is -0.483. The van der Waals surface area contributed by atoms with Crippen LogP contribution in [0, 0.1) is 17.6 Å². The minimum Gasteiger partial charge on any atom is -0.378 e. The lowest BCUT2D eigenvalue weighted by Gasteiger charge is -2.33. The Hall–Kier alpha value is -1.90. The molecule has 3 heteroatoms. The third kappa shape index (κ3) is 2.09. The van der Waals surface area contributed by atoms with Crippen molar-refractivity contribution in [1.29, 1.82) is 0 Å². The summed E-state index contributed by atoms with van der Waals surface area (Å²) in [5, 5.41) is 3.26. The van der Waals surface area contributed by atoms with Gasteiger partial charge < -0.3 is 5.32 Å². The summed E-state index contributed by atoms with van der Waals surface area (Å²) in [6.45, 7) is 2.01. The molecule has 0 radical (unpaired) electrons. The third-order valence-electron chi connectivity index (χ3n) is 3.75. The van der Waals surface area contributed by atoms with E-state index in [1.807, 2.05) is 31.2 Å². The van der Waals surface area contributed by atoms with Gasteiger partial charge in [-0.25, -0.2) is 8.78 Å². The number of rotatable bonds is 1. The van der Waals surface area contributed by atoms with Crippen LogP contribution in [0.2, 0.25) is 0 Å². The van der Waals surface area contributed by atoms with Gasteiger partial charge in [0.05, 0.1) is 6.04 Å². The molecule has 1 aliphatic rings. The molecule has 1 aliphatic heterocycles. The summed E-state index contributed by atoms with van der Waals surface area (Å²) >= 11 is 0. The monoisotopic (exact) mass is 259 g/mol. The van der Waals surface area contributed by atoms with Crippen molar-refractivity contribution in [3.8, 4) is 0 Å². The van der Waals surface area contributed by atoms with Crippen molar-refractivity contribution in [3.05, 3.63) is 65.2 Å². The molecular formula is C16H15F2N. The van der Waals surface area contributed by atoms with Gasteiger partial charge in [0, 0.05) is 11.3 Å². The fourth-order valence-corrected chi connectivity index (χ4v) is 2.78. The Morgan fingerprint density at radius 2 is 1.68 bits per heavy atom. The predicted molar refractivity (Wildman–Crippen MR) is 72.0 cm³/mol. The summed E-state index contributed by atoms with van der Waals surface area (Å²) in [4.78, 5) is 0. The number of hydrogen-bond acceptors (Lipinski definition) is 1. The van der Waals surface area contributed by atoms with Crippen LogP contribution in [0.1, 0.15) is 24.1 Å². The first kappa shape index (κ1) is 12.2. The van der Waals surface area contributed by atoms with E-state index in [4.69, 9.17) is 0 Å². The minimum absolute atomic E-state index is 0.140. The second kappa shape index (κ2) is 4.65. The van der Waals surface area contributed by atoms with Crippen LogP contribution in [0.5, 0.6) is 0 Å². The summed E-state index contributed by atoms with van der Waals surface area (Å²) in [6.07, 6.45) is 0.821. The predicted octanol–water partition coefficient (Wildman–Crippen LogP) is 4.31. The van der Waals surface area contributed by atoms with Crippen molar-refractivity contribution in [3.63, 3.8) is 0 Å². The molecule has 98 valence electrons. The Morgan fingerprint density at radius 1 is 1.00 bits per heavy atom. The van der Waals surface area contributed by atoms with E-state index in [2.05, 4.69) is 5.32 Å². The maximum absolute atomic E-state index is 13.9. The van der Waals surface area contributed by atoms with E-state index in [9.17, 15) is 8.78 Å². The highest BCUT2D eigenvalue weighted by molar-refractivity contribution is 5.55. The van der Waals surface area contributed by atoms with Crippen molar-refractivity contribution < 1.29 is 8.78 Å². The fraction of sp³-hybridized carbons (Fsp3) is 0.250. The van der Waals surface area contributed by atoms with Crippen LogP contribution < -0.4 is 5.32 Å². The molecule has 0 aliphatic carbocycles. The van der Waals surface area contributed by atoms with Crippen molar-refractivity contribution in [2.45, 2.75) is 19.4 Å². The highest BCUT2D eigenvalue weighted by Crippen LogP contribution is 2.38. The van der Waals surface area contributed by atoms with Gasteiger partial charge in [-0.05, 0) is 36.1 Å². The van der Waals surface area contributed by atoms with Crippen LogP contribution in [-0.4, -0.2) is 0 Å². The summed E-state index contributed by atoms with van der Waals surface area (Å²) in [7, 11) is 0. The highest BCUT2D eigenvalue weighted by Gasteiger charge is 2.29. The van der Waals surface area contributed by atoms with Gasteiger partial charge in [0.2, 0.25) is 0 Å². The van der Waals surface area contributed by atoms with Crippen molar-refractivity contribution in [1.82, 2.24) is 0 Å². The molecule has 2 unspecified atom stereocenters. The van der Waals surface area contributed by atoms with Gasteiger partial charge in [0.25, 0.3) is 0 Å². The molecule has 0 bridgehead atoms. The standard InChI is InChI=1S/C16H15F2N/c1-10-9-11-5-2-3-8-14(11)19-16(10)15-12(17)6-4-7-13(15)18/h2-8,10,16,19H,9H2,1H3. The largest absolute Gasteiger partial charge is 0.378 e. The zero-order valence-electron chi connectivity index (χ0n) is 10.7. The van der Waals surface area contributed by atoms with Crippen LogP contribution in [-0.2, 0) is 6.42 Å². The van der Waals surface area contributed by atoms with E-state index >= 15 is 0 Å². The number of para-hydroxylation sites is 1. The number of anilines is 1. The average Bonchev–Trinajstić information content (AvgIpc) is 2.39. The van der Waals surface area contributed by atoms with Gasteiger partial charge in [-0.15, -0.1) is 0 Å². The molecule has 1 nitrogen and oxygen atoms in total. The lowest BCUT2D eigenvalue weighted by atomic mass is 9.84. The SMILES string of the molecule is CC1Cc2ccccc2NC1c1c(F)cccc1F. The Kier molecular flexibility index (Phi) is 2.97. The molecule has 2 aromatic rings. The van der Waals surface area contributed by atoms with E-state index in [0.717, 1.165) is 12.1 Å². The van der Waals surface area contributed by atoms with Crippen molar-refractivity contribution >= 4 is 5.69 Å². The van der Waals surface area contributed by atoms with Gasteiger partial charge in [-0.2, -0.15) is 0 Å². The quantitative estimate of drug-likeness (QED) is 0.804. The van der Waals surface area contributed by atoms with Crippen LogP contribution in [0.3, 0.4) is 0 Å². The van der Waals surface area contributed by atoms with Gasteiger partial charge >= 0.3 is 0 Å². The number of hydrogen-bond donors (Lipinski definition) is 1. The maximum atomic E-state index is 13.9. The van der Waals surface area contributed by atoms with E-state index < -0.39 is 11.6 Å². The fourth-order valence-electron chi connectivity index (χ4n) is 2.78. The molecule has 2 atom stereocenters. The molecule has 0 saturated heterocycles. The van der Waals surface area contributed by atoms with E-state index in [1.54, 1.807) is 0 Å².